The number of hydrogen-bond donors (Lipinski definition) is 2. The molecule has 0 radical (unpaired) electrons. The number of halogens is 2. The second kappa shape index (κ2) is 8.83. The molecule has 2 aromatic rings. The summed E-state index contributed by atoms with van der Waals surface area (Å²) in [7, 11) is 1.54. The number of nitrogens with one attached hydrogen (secondary N) is 1. The van der Waals surface area contributed by atoms with Crippen LogP contribution in [0.25, 0.3) is 0 Å². The minimum atomic E-state index is -0.267. The molecule has 0 aliphatic carbocycles. The molecule has 4 nitrogen and oxygen atoms in total. The van der Waals surface area contributed by atoms with Gasteiger partial charge in [-0.2, -0.15) is 0 Å². The van der Waals surface area contributed by atoms with Crippen molar-refractivity contribution in [3.05, 3.63) is 58.9 Å². The standard InChI is InChI=1S/C19H22ClFN2O2/c1-12(2)19(13-4-7-15(21)8-5-13)22-11-18(24)23-16-10-14(20)6-9-17(16)25-3/h4-10,12,19,22H,11H2,1-3H3,(H,23,24)/p+1/t19-/m1/s1. The Balaban J connectivity index is 2.02. The van der Waals surface area contributed by atoms with E-state index in [9.17, 15) is 9.18 Å². The van der Waals surface area contributed by atoms with Crippen LogP contribution >= 0.6 is 11.6 Å². The molecule has 2 rings (SSSR count). The van der Waals surface area contributed by atoms with Crippen molar-refractivity contribution in [3.8, 4) is 5.75 Å². The third kappa shape index (κ3) is 5.44. The Morgan fingerprint density at radius 1 is 1.24 bits per heavy atom. The summed E-state index contributed by atoms with van der Waals surface area (Å²) in [6, 6.07) is 11.5. The van der Waals surface area contributed by atoms with Gasteiger partial charge in [0.25, 0.3) is 5.91 Å². The third-order valence-electron chi connectivity index (χ3n) is 3.97. The molecule has 134 valence electrons. The first-order valence-electron chi connectivity index (χ1n) is 8.13. The van der Waals surface area contributed by atoms with Crippen LogP contribution in [0.2, 0.25) is 5.02 Å². The zero-order valence-electron chi connectivity index (χ0n) is 14.6. The molecule has 0 saturated carbocycles. The molecule has 0 unspecified atom stereocenters. The third-order valence-corrected chi connectivity index (χ3v) is 4.20. The number of hydrogen-bond acceptors (Lipinski definition) is 2. The van der Waals surface area contributed by atoms with Crippen molar-refractivity contribution in [2.75, 3.05) is 19.0 Å². The summed E-state index contributed by atoms with van der Waals surface area (Å²) in [4.78, 5) is 12.3. The Hall–Kier alpha value is -2.11. The van der Waals surface area contributed by atoms with Crippen molar-refractivity contribution in [2.24, 2.45) is 5.92 Å². The van der Waals surface area contributed by atoms with Crippen LogP contribution < -0.4 is 15.4 Å². The molecule has 1 amide bonds. The van der Waals surface area contributed by atoms with E-state index >= 15 is 0 Å². The minimum Gasteiger partial charge on any atom is -0.495 e. The maximum Gasteiger partial charge on any atom is 0.279 e. The Labute approximate surface area is 152 Å². The van der Waals surface area contributed by atoms with Gasteiger partial charge >= 0.3 is 0 Å². The van der Waals surface area contributed by atoms with Crippen LogP contribution in [-0.2, 0) is 4.79 Å². The SMILES string of the molecule is COc1ccc(Cl)cc1NC(=O)C[NH2+][C@@H](c1ccc(F)cc1)C(C)C. The maximum atomic E-state index is 13.1. The highest BCUT2D eigenvalue weighted by Crippen LogP contribution is 2.27. The van der Waals surface area contributed by atoms with Crippen LogP contribution in [0.4, 0.5) is 10.1 Å². The average molecular weight is 366 g/mol. The van der Waals surface area contributed by atoms with Crippen LogP contribution in [0, 0.1) is 11.7 Å². The molecule has 0 bridgehead atoms. The van der Waals surface area contributed by atoms with Gasteiger partial charge in [0.2, 0.25) is 0 Å². The van der Waals surface area contributed by atoms with E-state index in [0.717, 1.165) is 5.56 Å². The molecular formula is C19H23ClFN2O2+. The van der Waals surface area contributed by atoms with Crippen LogP contribution in [0.15, 0.2) is 42.5 Å². The number of anilines is 1. The molecule has 6 heteroatoms. The summed E-state index contributed by atoms with van der Waals surface area (Å²) in [6.07, 6.45) is 0. The number of methoxy groups -OCH3 is 1. The van der Waals surface area contributed by atoms with Crippen molar-refractivity contribution >= 4 is 23.2 Å². The molecule has 0 saturated heterocycles. The van der Waals surface area contributed by atoms with E-state index in [1.807, 2.05) is 5.32 Å². The first-order chi connectivity index (χ1) is 11.9. The van der Waals surface area contributed by atoms with E-state index in [2.05, 4.69) is 19.2 Å². The summed E-state index contributed by atoms with van der Waals surface area (Å²) in [5.41, 5.74) is 1.53. The van der Waals surface area contributed by atoms with Crippen molar-refractivity contribution in [1.82, 2.24) is 0 Å². The zero-order chi connectivity index (χ0) is 18.4. The topological polar surface area (TPSA) is 54.9 Å². The van der Waals surface area contributed by atoms with Crippen LogP contribution in [0.5, 0.6) is 5.75 Å². The molecule has 0 aromatic heterocycles. The normalized spacial score (nSPS) is 12.1. The Bertz CT molecular complexity index is 720. The van der Waals surface area contributed by atoms with Crippen molar-refractivity contribution in [1.29, 1.82) is 0 Å². The molecule has 0 aliphatic heterocycles. The number of ether oxygens (including phenoxy) is 1. The van der Waals surface area contributed by atoms with Gasteiger partial charge < -0.3 is 15.4 Å². The highest BCUT2D eigenvalue weighted by atomic mass is 35.5. The lowest BCUT2D eigenvalue weighted by molar-refractivity contribution is -0.692. The quantitative estimate of drug-likeness (QED) is 0.790. The highest BCUT2D eigenvalue weighted by molar-refractivity contribution is 6.31. The smallest absolute Gasteiger partial charge is 0.279 e. The maximum absolute atomic E-state index is 13.1. The number of benzene rings is 2. The number of rotatable bonds is 7. The number of nitrogens with two attached hydrogens (primary N) is 1. The lowest BCUT2D eigenvalue weighted by Crippen LogP contribution is -2.88. The summed E-state index contributed by atoms with van der Waals surface area (Å²) in [5.74, 6) is 0.418. The minimum absolute atomic E-state index is 0.0626. The molecule has 0 heterocycles. The monoisotopic (exact) mass is 365 g/mol. The predicted octanol–water partition coefficient (Wildman–Crippen LogP) is 3.39. The van der Waals surface area contributed by atoms with Gasteiger partial charge in [0.05, 0.1) is 12.8 Å². The summed E-state index contributed by atoms with van der Waals surface area (Å²) >= 11 is 5.97. The molecular weight excluding hydrogens is 343 g/mol. The molecule has 25 heavy (non-hydrogen) atoms. The van der Waals surface area contributed by atoms with Crippen molar-refractivity contribution in [3.63, 3.8) is 0 Å². The lowest BCUT2D eigenvalue weighted by Gasteiger charge is -2.19. The second-order valence-electron chi connectivity index (χ2n) is 6.15. The van der Waals surface area contributed by atoms with E-state index < -0.39 is 0 Å². The fourth-order valence-electron chi connectivity index (χ4n) is 2.69. The molecule has 0 fully saturated rings. The largest absolute Gasteiger partial charge is 0.495 e. The zero-order valence-corrected chi connectivity index (χ0v) is 15.3. The molecule has 0 spiro atoms. The fraction of sp³-hybridized carbons (Fsp3) is 0.316. The van der Waals surface area contributed by atoms with Gasteiger partial charge in [-0.3, -0.25) is 4.79 Å². The lowest BCUT2D eigenvalue weighted by atomic mass is 9.96. The molecule has 0 aliphatic rings. The number of quaternary nitrogens is 1. The van der Waals surface area contributed by atoms with Gasteiger partial charge in [0.15, 0.2) is 6.54 Å². The van der Waals surface area contributed by atoms with Crippen molar-refractivity contribution < 1.29 is 19.2 Å². The van der Waals surface area contributed by atoms with Gasteiger partial charge in [0, 0.05) is 16.5 Å². The van der Waals surface area contributed by atoms with Gasteiger partial charge in [0.1, 0.15) is 17.6 Å². The summed E-state index contributed by atoms with van der Waals surface area (Å²) < 4.78 is 18.3. The number of carbonyl (C=O) groups is 1. The van der Waals surface area contributed by atoms with Crippen LogP contribution in [-0.4, -0.2) is 19.6 Å². The molecule has 2 aromatic carbocycles. The number of amides is 1. The van der Waals surface area contributed by atoms with Gasteiger partial charge in [-0.05, 0) is 30.3 Å². The fourth-order valence-corrected chi connectivity index (χ4v) is 2.86. The van der Waals surface area contributed by atoms with E-state index in [0.29, 0.717) is 22.4 Å². The predicted molar refractivity (Wildman–Crippen MR) is 97.4 cm³/mol. The molecule has 1 atom stereocenters. The Morgan fingerprint density at radius 3 is 2.52 bits per heavy atom. The first-order valence-corrected chi connectivity index (χ1v) is 8.50. The van der Waals surface area contributed by atoms with Crippen LogP contribution in [0.3, 0.4) is 0 Å². The highest BCUT2D eigenvalue weighted by Gasteiger charge is 2.21. The Morgan fingerprint density at radius 2 is 1.92 bits per heavy atom. The van der Waals surface area contributed by atoms with E-state index in [-0.39, 0.29) is 24.3 Å². The summed E-state index contributed by atoms with van der Waals surface area (Å²) in [6.45, 7) is 4.38. The van der Waals surface area contributed by atoms with Crippen molar-refractivity contribution in [2.45, 2.75) is 19.9 Å². The average Bonchev–Trinajstić information content (AvgIpc) is 2.56. The number of carbonyl (C=O) groups excluding carboxylic acids is 1. The van der Waals surface area contributed by atoms with Gasteiger partial charge in [-0.15, -0.1) is 0 Å². The molecule has 3 N–H and O–H groups in total. The van der Waals surface area contributed by atoms with Gasteiger partial charge in [-0.1, -0.05) is 37.6 Å². The Kier molecular flexibility index (Phi) is 6.79. The van der Waals surface area contributed by atoms with E-state index in [4.69, 9.17) is 16.3 Å². The first kappa shape index (κ1) is 19.2. The van der Waals surface area contributed by atoms with E-state index in [1.165, 1.54) is 19.2 Å². The van der Waals surface area contributed by atoms with E-state index in [1.54, 1.807) is 30.3 Å². The second-order valence-corrected chi connectivity index (χ2v) is 6.59. The summed E-state index contributed by atoms with van der Waals surface area (Å²) in [5, 5.41) is 5.29. The van der Waals surface area contributed by atoms with Gasteiger partial charge in [-0.25, -0.2) is 4.39 Å². The van der Waals surface area contributed by atoms with Crippen LogP contribution in [0.1, 0.15) is 25.5 Å².